The lowest BCUT2D eigenvalue weighted by Crippen LogP contribution is -2.41. The number of hydrogen-bond donors (Lipinski definition) is 1. The summed E-state index contributed by atoms with van der Waals surface area (Å²) in [5, 5.41) is 2.48. The topological polar surface area (TPSA) is 89.5 Å². The number of ether oxygens (including phenoxy) is 1. The van der Waals surface area contributed by atoms with Gasteiger partial charge in [0.25, 0.3) is 5.91 Å². The number of benzene rings is 1. The van der Waals surface area contributed by atoms with Crippen molar-refractivity contribution in [3.8, 4) is 0 Å². The summed E-state index contributed by atoms with van der Waals surface area (Å²) in [6.45, 7) is 0. The van der Waals surface area contributed by atoms with Gasteiger partial charge in [-0.15, -0.1) is 0 Å². The van der Waals surface area contributed by atoms with Gasteiger partial charge in [0.2, 0.25) is 9.84 Å². The van der Waals surface area contributed by atoms with Crippen molar-refractivity contribution in [3.05, 3.63) is 29.8 Å². The van der Waals surface area contributed by atoms with Gasteiger partial charge in [0.05, 0.1) is 12.0 Å². The lowest BCUT2D eigenvalue weighted by Gasteiger charge is -2.16. The van der Waals surface area contributed by atoms with Crippen molar-refractivity contribution in [2.45, 2.75) is 23.1 Å². The summed E-state index contributed by atoms with van der Waals surface area (Å²) in [6, 6.07) is 3.21. The molecule has 0 spiro atoms. The summed E-state index contributed by atoms with van der Waals surface area (Å²) in [5.74, 6) is -4.15. The van der Waals surface area contributed by atoms with E-state index < -0.39 is 38.4 Å². The zero-order valence-corrected chi connectivity index (χ0v) is 14.6. The molecular weight excluding hydrogens is 364 g/mol. The van der Waals surface area contributed by atoms with Crippen LogP contribution >= 0.6 is 11.8 Å². The number of carbonyl (C=O) groups excluding carboxylic acids is 2. The maximum Gasteiger partial charge on any atom is 0.341 e. The SMILES string of the molecule is COC(=O)[C@H](CCSC)NC(=O)c1ccc(S(=O)(=O)C(F)F)cc1. The van der Waals surface area contributed by atoms with Crippen LogP contribution in [0.3, 0.4) is 0 Å². The second-order valence-electron chi connectivity index (χ2n) is 4.66. The normalized spacial score (nSPS) is 12.7. The molecule has 0 aromatic heterocycles. The lowest BCUT2D eigenvalue weighted by atomic mass is 10.1. The number of halogens is 2. The number of amides is 1. The van der Waals surface area contributed by atoms with Crippen LogP contribution in [0.15, 0.2) is 29.2 Å². The van der Waals surface area contributed by atoms with E-state index in [9.17, 15) is 26.8 Å². The molecule has 6 nitrogen and oxygen atoms in total. The van der Waals surface area contributed by atoms with E-state index in [1.54, 1.807) is 0 Å². The van der Waals surface area contributed by atoms with E-state index in [0.717, 1.165) is 24.3 Å². The standard InChI is InChI=1S/C14H17F2NO5S2/c1-22-13(19)11(7-8-23-2)17-12(18)9-3-5-10(6-4-9)24(20,21)14(15)16/h3-6,11,14H,7-8H2,1-2H3,(H,17,18)/t11-/m0/s1. The summed E-state index contributed by atoms with van der Waals surface area (Å²) in [5.41, 5.74) is 0.0428. The molecule has 1 atom stereocenters. The molecule has 0 aliphatic carbocycles. The van der Waals surface area contributed by atoms with Crippen LogP contribution in [0.25, 0.3) is 0 Å². The van der Waals surface area contributed by atoms with Crippen molar-refractivity contribution in [1.82, 2.24) is 5.32 Å². The van der Waals surface area contributed by atoms with Crippen molar-refractivity contribution in [1.29, 1.82) is 0 Å². The van der Waals surface area contributed by atoms with Gasteiger partial charge < -0.3 is 10.1 Å². The molecular formula is C14H17F2NO5S2. The Morgan fingerprint density at radius 1 is 1.25 bits per heavy atom. The Morgan fingerprint density at radius 3 is 2.29 bits per heavy atom. The first-order valence-electron chi connectivity index (χ1n) is 6.73. The van der Waals surface area contributed by atoms with Crippen LogP contribution < -0.4 is 5.32 Å². The monoisotopic (exact) mass is 381 g/mol. The smallest absolute Gasteiger partial charge is 0.341 e. The first-order chi connectivity index (χ1) is 11.2. The number of hydrogen-bond acceptors (Lipinski definition) is 6. The Labute approximate surface area is 142 Å². The molecule has 134 valence electrons. The third-order valence-corrected chi connectivity index (χ3v) is 5.12. The van der Waals surface area contributed by atoms with E-state index in [0.29, 0.717) is 12.2 Å². The van der Waals surface area contributed by atoms with E-state index in [1.165, 1.54) is 18.9 Å². The molecule has 1 amide bonds. The minimum atomic E-state index is -4.71. The average molecular weight is 381 g/mol. The van der Waals surface area contributed by atoms with Gasteiger partial charge in [0.1, 0.15) is 6.04 Å². The summed E-state index contributed by atoms with van der Waals surface area (Å²) in [4.78, 5) is 23.2. The van der Waals surface area contributed by atoms with E-state index in [2.05, 4.69) is 10.1 Å². The van der Waals surface area contributed by atoms with Gasteiger partial charge >= 0.3 is 11.7 Å². The first-order valence-corrected chi connectivity index (χ1v) is 9.67. The predicted molar refractivity (Wildman–Crippen MR) is 85.9 cm³/mol. The molecule has 24 heavy (non-hydrogen) atoms. The molecule has 1 N–H and O–H groups in total. The number of carbonyl (C=O) groups is 2. The summed E-state index contributed by atoms with van der Waals surface area (Å²) in [7, 11) is -3.51. The maximum atomic E-state index is 12.5. The fourth-order valence-electron chi connectivity index (χ4n) is 1.77. The highest BCUT2D eigenvalue weighted by Crippen LogP contribution is 2.18. The zero-order valence-electron chi connectivity index (χ0n) is 13.0. The fourth-order valence-corrected chi connectivity index (χ4v) is 2.96. The quantitative estimate of drug-likeness (QED) is 0.690. The van der Waals surface area contributed by atoms with Crippen molar-refractivity contribution in [2.75, 3.05) is 19.1 Å². The first kappa shape index (κ1) is 20.4. The highest BCUT2D eigenvalue weighted by Gasteiger charge is 2.27. The fraction of sp³-hybridized carbons (Fsp3) is 0.429. The third-order valence-electron chi connectivity index (χ3n) is 3.08. The Bertz CT molecular complexity index is 677. The van der Waals surface area contributed by atoms with Gasteiger partial charge in [-0.1, -0.05) is 0 Å². The number of sulfone groups is 1. The molecule has 0 unspecified atom stereocenters. The second-order valence-corrected chi connectivity index (χ2v) is 7.56. The van der Waals surface area contributed by atoms with Crippen LogP contribution in [0.2, 0.25) is 0 Å². The molecule has 0 radical (unpaired) electrons. The molecule has 0 aliphatic rings. The van der Waals surface area contributed by atoms with Crippen molar-refractivity contribution < 1.29 is 31.5 Å². The van der Waals surface area contributed by atoms with Crippen LogP contribution in [-0.2, 0) is 19.4 Å². The van der Waals surface area contributed by atoms with Crippen LogP contribution in [0, 0.1) is 0 Å². The molecule has 10 heteroatoms. The van der Waals surface area contributed by atoms with E-state index in [-0.39, 0.29) is 5.56 Å². The molecule has 1 aromatic rings. The summed E-state index contributed by atoms with van der Waals surface area (Å²) in [6.07, 6.45) is 2.20. The Kier molecular flexibility index (Phi) is 7.61. The van der Waals surface area contributed by atoms with Crippen molar-refractivity contribution in [2.24, 2.45) is 0 Å². The molecule has 0 saturated heterocycles. The van der Waals surface area contributed by atoms with Gasteiger partial charge in [-0.05, 0) is 42.7 Å². The molecule has 0 saturated carbocycles. The molecule has 0 bridgehead atoms. The van der Waals surface area contributed by atoms with E-state index in [1.807, 2.05) is 6.26 Å². The number of rotatable bonds is 8. The van der Waals surface area contributed by atoms with Crippen LogP contribution in [0.1, 0.15) is 16.8 Å². The summed E-state index contributed by atoms with van der Waals surface area (Å²) >= 11 is 1.49. The molecule has 0 heterocycles. The average Bonchev–Trinajstić information content (AvgIpc) is 2.57. The molecule has 0 fully saturated rings. The van der Waals surface area contributed by atoms with Crippen LogP contribution in [-0.4, -0.2) is 51.2 Å². The molecule has 0 aliphatic heterocycles. The van der Waals surface area contributed by atoms with Gasteiger partial charge in [0.15, 0.2) is 0 Å². The van der Waals surface area contributed by atoms with Gasteiger partial charge in [-0.25, -0.2) is 13.2 Å². The van der Waals surface area contributed by atoms with Crippen LogP contribution in [0.4, 0.5) is 8.78 Å². The Balaban J connectivity index is 2.89. The Hall–Kier alpha value is -1.68. The Morgan fingerprint density at radius 2 is 1.83 bits per heavy atom. The minimum Gasteiger partial charge on any atom is -0.467 e. The number of methoxy groups -OCH3 is 1. The lowest BCUT2D eigenvalue weighted by molar-refractivity contribution is -0.142. The molecule has 1 rings (SSSR count). The van der Waals surface area contributed by atoms with Gasteiger partial charge in [-0.2, -0.15) is 20.5 Å². The zero-order chi connectivity index (χ0) is 18.3. The summed E-state index contributed by atoms with van der Waals surface area (Å²) < 4.78 is 52.2. The maximum absolute atomic E-state index is 12.5. The van der Waals surface area contributed by atoms with Gasteiger partial charge in [0, 0.05) is 5.56 Å². The third kappa shape index (κ3) is 5.17. The number of esters is 1. The van der Waals surface area contributed by atoms with Crippen molar-refractivity contribution >= 4 is 33.5 Å². The van der Waals surface area contributed by atoms with Gasteiger partial charge in [-0.3, -0.25) is 4.79 Å². The minimum absolute atomic E-state index is 0.0428. The predicted octanol–water partition coefficient (Wildman–Crippen LogP) is 1.71. The largest absolute Gasteiger partial charge is 0.467 e. The van der Waals surface area contributed by atoms with Crippen molar-refractivity contribution in [3.63, 3.8) is 0 Å². The number of alkyl halides is 2. The second kappa shape index (κ2) is 8.97. The van der Waals surface area contributed by atoms with E-state index >= 15 is 0 Å². The van der Waals surface area contributed by atoms with Crippen LogP contribution in [0.5, 0.6) is 0 Å². The van der Waals surface area contributed by atoms with E-state index in [4.69, 9.17) is 0 Å². The molecule has 1 aromatic carbocycles. The number of thioether (sulfide) groups is 1. The number of nitrogens with one attached hydrogen (secondary N) is 1. The highest BCUT2D eigenvalue weighted by atomic mass is 32.2. The highest BCUT2D eigenvalue weighted by molar-refractivity contribution is 7.98.